The molecule has 1 aromatic carbocycles. The summed E-state index contributed by atoms with van der Waals surface area (Å²) in [6.07, 6.45) is 6.89. The van der Waals surface area contributed by atoms with Gasteiger partial charge in [-0.05, 0) is 38.0 Å². The van der Waals surface area contributed by atoms with E-state index in [0.29, 0.717) is 16.2 Å². The van der Waals surface area contributed by atoms with Crippen LogP contribution in [0.25, 0.3) is 0 Å². The number of sulfone groups is 1. The van der Waals surface area contributed by atoms with Gasteiger partial charge >= 0.3 is 0 Å². The van der Waals surface area contributed by atoms with Crippen molar-refractivity contribution < 1.29 is 8.42 Å². The van der Waals surface area contributed by atoms with Gasteiger partial charge in [0, 0.05) is 4.91 Å². The first-order valence-electron chi connectivity index (χ1n) is 5.28. The Morgan fingerprint density at radius 3 is 2.38 bits per heavy atom. The highest BCUT2D eigenvalue weighted by atomic mass is 32.2. The predicted molar refractivity (Wildman–Crippen MR) is 64.8 cm³/mol. The van der Waals surface area contributed by atoms with Crippen LogP contribution in [0.5, 0.6) is 0 Å². The van der Waals surface area contributed by atoms with Crippen LogP contribution in [0.2, 0.25) is 0 Å². The Hall–Kier alpha value is -1.35. The van der Waals surface area contributed by atoms with Crippen molar-refractivity contribution >= 4 is 9.84 Å². The zero-order valence-corrected chi connectivity index (χ0v) is 10.00. The Bertz CT molecular complexity index is 534. The molecule has 0 spiro atoms. The Morgan fingerprint density at radius 2 is 1.81 bits per heavy atom. The first kappa shape index (κ1) is 11.1. The van der Waals surface area contributed by atoms with Crippen molar-refractivity contribution in [3.63, 3.8) is 0 Å². The molecule has 2 nitrogen and oxygen atoms in total. The van der Waals surface area contributed by atoms with Gasteiger partial charge in [-0.1, -0.05) is 29.8 Å². The first-order valence-corrected chi connectivity index (χ1v) is 6.76. The first-order chi connectivity index (χ1) is 7.60. The van der Waals surface area contributed by atoms with Gasteiger partial charge in [0.2, 0.25) is 9.84 Å². The Balaban J connectivity index is 2.42. The van der Waals surface area contributed by atoms with Gasteiger partial charge in [0.25, 0.3) is 0 Å². The Labute approximate surface area is 96.2 Å². The summed E-state index contributed by atoms with van der Waals surface area (Å²) in [4.78, 5) is 0.901. The lowest BCUT2D eigenvalue weighted by molar-refractivity contribution is 0.600. The SMILES string of the molecule is Cc1ccc(S(=O)(=O)C2=CC=CCC2)cc1. The number of hydrogen-bond donors (Lipinski definition) is 0. The van der Waals surface area contributed by atoms with E-state index in [9.17, 15) is 8.42 Å². The molecule has 0 amide bonds. The van der Waals surface area contributed by atoms with Crippen molar-refractivity contribution in [2.45, 2.75) is 24.7 Å². The fourth-order valence-electron chi connectivity index (χ4n) is 1.67. The Morgan fingerprint density at radius 1 is 1.12 bits per heavy atom. The minimum Gasteiger partial charge on any atom is -0.219 e. The van der Waals surface area contributed by atoms with E-state index in [2.05, 4.69) is 0 Å². The largest absolute Gasteiger partial charge is 0.219 e. The average molecular weight is 234 g/mol. The molecular weight excluding hydrogens is 220 g/mol. The molecule has 0 aliphatic heterocycles. The highest BCUT2D eigenvalue weighted by Gasteiger charge is 2.20. The third-order valence-corrected chi connectivity index (χ3v) is 4.58. The summed E-state index contributed by atoms with van der Waals surface area (Å²) in [5.74, 6) is 0. The third-order valence-electron chi connectivity index (χ3n) is 2.65. The lowest BCUT2D eigenvalue weighted by Crippen LogP contribution is -2.06. The summed E-state index contributed by atoms with van der Waals surface area (Å²) in [6, 6.07) is 6.99. The molecule has 0 N–H and O–H groups in total. The van der Waals surface area contributed by atoms with E-state index in [4.69, 9.17) is 0 Å². The number of rotatable bonds is 2. The van der Waals surface area contributed by atoms with Crippen LogP contribution in [0.3, 0.4) is 0 Å². The zero-order chi connectivity index (χ0) is 11.6. The molecule has 1 aliphatic rings. The molecule has 0 radical (unpaired) electrons. The van der Waals surface area contributed by atoms with E-state index in [0.717, 1.165) is 12.0 Å². The lowest BCUT2D eigenvalue weighted by Gasteiger charge is -2.10. The molecular formula is C13H14O2S. The highest BCUT2D eigenvalue weighted by Crippen LogP contribution is 2.25. The second-order valence-electron chi connectivity index (χ2n) is 3.92. The number of benzene rings is 1. The summed E-state index contributed by atoms with van der Waals surface area (Å²) in [5.41, 5.74) is 1.07. The second-order valence-corrected chi connectivity index (χ2v) is 5.92. The van der Waals surface area contributed by atoms with Gasteiger partial charge in [-0.2, -0.15) is 0 Å². The van der Waals surface area contributed by atoms with Crippen LogP contribution in [-0.2, 0) is 9.84 Å². The summed E-state index contributed by atoms with van der Waals surface area (Å²) < 4.78 is 24.4. The average Bonchev–Trinajstić information content (AvgIpc) is 2.31. The molecule has 0 bridgehead atoms. The molecule has 1 aromatic rings. The molecule has 0 heterocycles. The van der Waals surface area contributed by atoms with Gasteiger partial charge in [-0.15, -0.1) is 0 Å². The Kier molecular flexibility index (Phi) is 2.97. The number of allylic oxidation sites excluding steroid dienone is 4. The van der Waals surface area contributed by atoms with Crippen molar-refractivity contribution in [1.29, 1.82) is 0 Å². The van der Waals surface area contributed by atoms with Crippen molar-refractivity contribution in [3.8, 4) is 0 Å². The van der Waals surface area contributed by atoms with Crippen molar-refractivity contribution in [2.75, 3.05) is 0 Å². The second kappa shape index (κ2) is 4.26. The minimum absolute atomic E-state index is 0.389. The van der Waals surface area contributed by atoms with E-state index in [-0.39, 0.29) is 0 Å². The summed E-state index contributed by atoms with van der Waals surface area (Å²) in [5, 5.41) is 0. The fraction of sp³-hybridized carbons (Fsp3) is 0.231. The van der Waals surface area contributed by atoms with Crippen LogP contribution >= 0.6 is 0 Å². The maximum absolute atomic E-state index is 12.2. The van der Waals surface area contributed by atoms with Crippen LogP contribution < -0.4 is 0 Å². The van der Waals surface area contributed by atoms with Crippen molar-refractivity contribution in [1.82, 2.24) is 0 Å². The smallest absolute Gasteiger partial charge is 0.202 e. The monoisotopic (exact) mass is 234 g/mol. The van der Waals surface area contributed by atoms with E-state index in [1.165, 1.54) is 0 Å². The van der Waals surface area contributed by atoms with E-state index in [1.54, 1.807) is 18.2 Å². The molecule has 0 fully saturated rings. The van der Waals surface area contributed by atoms with E-state index in [1.807, 2.05) is 31.2 Å². The maximum atomic E-state index is 12.2. The topological polar surface area (TPSA) is 34.1 Å². The third kappa shape index (κ3) is 2.09. The molecule has 2 rings (SSSR count). The summed E-state index contributed by atoms with van der Waals surface area (Å²) in [6.45, 7) is 1.94. The molecule has 0 saturated carbocycles. The predicted octanol–water partition coefficient (Wildman–Crippen LogP) is 3.00. The van der Waals surface area contributed by atoms with Gasteiger partial charge in [0.15, 0.2) is 0 Å². The van der Waals surface area contributed by atoms with Crippen LogP contribution in [0.1, 0.15) is 18.4 Å². The van der Waals surface area contributed by atoms with Gasteiger partial charge < -0.3 is 0 Å². The van der Waals surface area contributed by atoms with Crippen LogP contribution in [-0.4, -0.2) is 8.42 Å². The zero-order valence-electron chi connectivity index (χ0n) is 9.18. The van der Waals surface area contributed by atoms with Gasteiger partial charge in [-0.25, -0.2) is 8.42 Å². The molecule has 0 atom stereocenters. The quantitative estimate of drug-likeness (QED) is 0.788. The summed E-state index contributed by atoms with van der Waals surface area (Å²) >= 11 is 0. The minimum atomic E-state index is -3.27. The number of aryl methyl sites for hydroxylation is 1. The van der Waals surface area contributed by atoms with Crippen LogP contribution in [0.4, 0.5) is 0 Å². The van der Waals surface area contributed by atoms with Crippen molar-refractivity contribution in [2.24, 2.45) is 0 Å². The normalized spacial score (nSPS) is 15.9. The van der Waals surface area contributed by atoms with Gasteiger partial charge in [0.05, 0.1) is 4.90 Å². The number of hydrogen-bond acceptors (Lipinski definition) is 2. The molecule has 0 saturated heterocycles. The maximum Gasteiger partial charge on any atom is 0.202 e. The molecule has 16 heavy (non-hydrogen) atoms. The summed E-state index contributed by atoms with van der Waals surface area (Å²) in [7, 11) is -3.27. The molecule has 0 aromatic heterocycles. The van der Waals surface area contributed by atoms with Crippen molar-refractivity contribution in [3.05, 3.63) is 53.0 Å². The highest BCUT2D eigenvalue weighted by molar-refractivity contribution is 7.95. The molecule has 1 aliphatic carbocycles. The van der Waals surface area contributed by atoms with Gasteiger partial charge in [0.1, 0.15) is 0 Å². The molecule has 3 heteroatoms. The fourth-order valence-corrected chi connectivity index (χ4v) is 3.11. The molecule has 84 valence electrons. The standard InChI is InChI=1S/C13H14O2S/c1-11-7-9-13(10-8-11)16(14,15)12-5-3-2-4-6-12/h2-3,5,7-10H,4,6H2,1H3. The van der Waals surface area contributed by atoms with Crippen LogP contribution in [0.15, 0.2) is 52.3 Å². The van der Waals surface area contributed by atoms with Gasteiger partial charge in [-0.3, -0.25) is 0 Å². The van der Waals surface area contributed by atoms with Crippen LogP contribution in [0, 0.1) is 6.92 Å². The van der Waals surface area contributed by atoms with E-state index >= 15 is 0 Å². The lowest BCUT2D eigenvalue weighted by atomic mass is 10.2. The molecule has 0 unspecified atom stereocenters. The van der Waals surface area contributed by atoms with E-state index < -0.39 is 9.84 Å².